The highest BCUT2D eigenvalue weighted by Crippen LogP contribution is 1.98. The SMILES string of the molecule is O=C(CCCI)NCc1ccccc1. The van der Waals surface area contributed by atoms with E-state index < -0.39 is 0 Å². The Balaban J connectivity index is 2.24. The molecule has 0 radical (unpaired) electrons. The molecular weight excluding hydrogens is 289 g/mol. The summed E-state index contributed by atoms with van der Waals surface area (Å²) in [5.41, 5.74) is 1.15. The molecule has 1 rings (SSSR count). The highest BCUT2D eigenvalue weighted by Gasteiger charge is 1.99. The first kappa shape index (κ1) is 11.5. The average molecular weight is 303 g/mol. The van der Waals surface area contributed by atoms with Gasteiger partial charge < -0.3 is 5.32 Å². The van der Waals surface area contributed by atoms with Crippen LogP contribution in [-0.4, -0.2) is 10.3 Å². The van der Waals surface area contributed by atoms with Crippen LogP contribution in [0.1, 0.15) is 18.4 Å². The molecule has 1 aromatic rings. The molecule has 0 aromatic heterocycles. The molecule has 0 aliphatic carbocycles. The fourth-order valence-electron chi connectivity index (χ4n) is 1.11. The highest BCUT2D eigenvalue weighted by molar-refractivity contribution is 14.1. The lowest BCUT2D eigenvalue weighted by Crippen LogP contribution is -2.22. The second-order valence-electron chi connectivity index (χ2n) is 3.05. The topological polar surface area (TPSA) is 29.1 Å². The van der Waals surface area contributed by atoms with Crippen LogP contribution in [0.4, 0.5) is 0 Å². The zero-order chi connectivity index (χ0) is 10.2. The highest BCUT2D eigenvalue weighted by atomic mass is 127. The van der Waals surface area contributed by atoms with Gasteiger partial charge in [0.25, 0.3) is 0 Å². The maximum Gasteiger partial charge on any atom is 0.220 e. The molecule has 0 fully saturated rings. The Morgan fingerprint density at radius 3 is 2.64 bits per heavy atom. The van der Waals surface area contributed by atoms with Gasteiger partial charge in [0.2, 0.25) is 5.91 Å². The van der Waals surface area contributed by atoms with Crippen LogP contribution in [0.3, 0.4) is 0 Å². The largest absolute Gasteiger partial charge is 0.352 e. The van der Waals surface area contributed by atoms with Gasteiger partial charge in [0.05, 0.1) is 0 Å². The summed E-state index contributed by atoms with van der Waals surface area (Å²) in [4.78, 5) is 11.3. The number of benzene rings is 1. The fourth-order valence-corrected chi connectivity index (χ4v) is 1.49. The van der Waals surface area contributed by atoms with Gasteiger partial charge in [-0.3, -0.25) is 4.79 Å². The van der Waals surface area contributed by atoms with Gasteiger partial charge in [-0.05, 0) is 12.0 Å². The quantitative estimate of drug-likeness (QED) is 0.657. The summed E-state index contributed by atoms with van der Waals surface area (Å²) in [6.07, 6.45) is 1.59. The zero-order valence-corrected chi connectivity index (χ0v) is 10.2. The van der Waals surface area contributed by atoms with E-state index in [1.807, 2.05) is 30.3 Å². The van der Waals surface area contributed by atoms with Gasteiger partial charge in [0, 0.05) is 17.4 Å². The van der Waals surface area contributed by atoms with Crippen molar-refractivity contribution in [2.75, 3.05) is 4.43 Å². The van der Waals surface area contributed by atoms with E-state index in [9.17, 15) is 4.79 Å². The van der Waals surface area contributed by atoms with Gasteiger partial charge in [-0.15, -0.1) is 0 Å². The Morgan fingerprint density at radius 1 is 1.29 bits per heavy atom. The van der Waals surface area contributed by atoms with Gasteiger partial charge >= 0.3 is 0 Å². The van der Waals surface area contributed by atoms with E-state index in [-0.39, 0.29) is 5.91 Å². The number of carbonyl (C=O) groups excluding carboxylic acids is 1. The molecule has 1 N–H and O–H groups in total. The minimum atomic E-state index is 0.144. The average Bonchev–Trinajstić information content (AvgIpc) is 2.25. The molecule has 14 heavy (non-hydrogen) atoms. The molecule has 0 aliphatic rings. The summed E-state index contributed by atoms with van der Waals surface area (Å²) >= 11 is 2.28. The van der Waals surface area contributed by atoms with Crippen molar-refractivity contribution < 1.29 is 4.79 Å². The molecule has 0 atom stereocenters. The van der Waals surface area contributed by atoms with Crippen molar-refractivity contribution in [3.8, 4) is 0 Å². The van der Waals surface area contributed by atoms with Gasteiger partial charge in [-0.2, -0.15) is 0 Å². The predicted molar refractivity (Wildman–Crippen MR) is 66.4 cm³/mol. The lowest BCUT2D eigenvalue weighted by Gasteiger charge is -2.03. The Hall–Kier alpha value is -0.580. The molecule has 1 amide bonds. The third-order valence-electron chi connectivity index (χ3n) is 1.87. The zero-order valence-electron chi connectivity index (χ0n) is 8.00. The van der Waals surface area contributed by atoms with Crippen molar-refractivity contribution in [2.45, 2.75) is 19.4 Å². The number of hydrogen-bond acceptors (Lipinski definition) is 1. The van der Waals surface area contributed by atoms with Crippen LogP contribution in [0, 0.1) is 0 Å². The van der Waals surface area contributed by atoms with Crippen LogP contribution < -0.4 is 5.32 Å². The van der Waals surface area contributed by atoms with E-state index in [0.29, 0.717) is 13.0 Å². The number of hydrogen-bond donors (Lipinski definition) is 1. The standard InChI is InChI=1S/C11H14INO/c12-8-4-7-11(14)13-9-10-5-2-1-3-6-10/h1-3,5-6H,4,7-9H2,(H,13,14). The third-order valence-corrected chi connectivity index (χ3v) is 2.63. The summed E-state index contributed by atoms with van der Waals surface area (Å²) < 4.78 is 1.04. The minimum Gasteiger partial charge on any atom is -0.352 e. The predicted octanol–water partition coefficient (Wildman–Crippen LogP) is 2.52. The van der Waals surface area contributed by atoms with Crippen molar-refractivity contribution in [1.29, 1.82) is 0 Å². The molecule has 3 heteroatoms. The van der Waals surface area contributed by atoms with Gasteiger partial charge in [-0.25, -0.2) is 0 Å². The van der Waals surface area contributed by atoms with Crippen LogP contribution in [0.2, 0.25) is 0 Å². The molecule has 1 aromatic carbocycles. The summed E-state index contributed by atoms with van der Waals surface area (Å²) in [5, 5.41) is 2.89. The maximum absolute atomic E-state index is 11.3. The molecular formula is C11H14INO. The van der Waals surface area contributed by atoms with Gasteiger partial charge in [-0.1, -0.05) is 52.9 Å². The monoisotopic (exact) mass is 303 g/mol. The molecule has 0 unspecified atom stereocenters. The Labute approximate surface area is 98.2 Å². The molecule has 2 nitrogen and oxygen atoms in total. The molecule has 0 bridgehead atoms. The molecule has 0 spiro atoms. The van der Waals surface area contributed by atoms with Crippen LogP contribution in [0.15, 0.2) is 30.3 Å². The first-order chi connectivity index (χ1) is 6.83. The van der Waals surface area contributed by atoms with E-state index in [2.05, 4.69) is 27.9 Å². The van der Waals surface area contributed by atoms with Gasteiger partial charge in [0.15, 0.2) is 0 Å². The second kappa shape index (κ2) is 6.81. The first-order valence-electron chi connectivity index (χ1n) is 4.69. The van der Waals surface area contributed by atoms with Crippen molar-refractivity contribution in [1.82, 2.24) is 5.32 Å². The van der Waals surface area contributed by atoms with Crippen molar-refractivity contribution in [3.05, 3.63) is 35.9 Å². The maximum atomic E-state index is 11.3. The Bertz CT molecular complexity index is 274. The lowest BCUT2D eigenvalue weighted by molar-refractivity contribution is -0.121. The number of amides is 1. The summed E-state index contributed by atoms with van der Waals surface area (Å²) in [5.74, 6) is 0.144. The normalized spacial score (nSPS) is 9.79. The number of rotatable bonds is 5. The molecule has 0 saturated carbocycles. The van der Waals surface area contributed by atoms with E-state index in [1.54, 1.807) is 0 Å². The molecule has 0 aliphatic heterocycles. The minimum absolute atomic E-state index is 0.144. The summed E-state index contributed by atoms with van der Waals surface area (Å²) in [6, 6.07) is 9.96. The Morgan fingerprint density at radius 2 is 2.00 bits per heavy atom. The summed E-state index contributed by atoms with van der Waals surface area (Å²) in [6.45, 7) is 0.640. The van der Waals surface area contributed by atoms with Crippen LogP contribution in [-0.2, 0) is 11.3 Å². The molecule has 76 valence electrons. The van der Waals surface area contributed by atoms with Crippen molar-refractivity contribution >= 4 is 28.5 Å². The van der Waals surface area contributed by atoms with E-state index in [0.717, 1.165) is 16.4 Å². The first-order valence-corrected chi connectivity index (χ1v) is 6.22. The van der Waals surface area contributed by atoms with Crippen LogP contribution in [0.5, 0.6) is 0 Å². The summed E-state index contributed by atoms with van der Waals surface area (Å²) in [7, 11) is 0. The molecule has 0 saturated heterocycles. The third kappa shape index (κ3) is 4.60. The van der Waals surface area contributed by atoms with E-state index >= 15 is 0 Å². The van der Waals surface area contributed by atoms with Crippen molar-refractivity contribution in [2.24, 2.45) is 0 Å². The number of alkyl halides is 1. The second-order valence-corrected chi connectivity index (χ2v) is 4.13. The van der Waals surface area contributed by atoms with Crippen LogP contribution in [0.25, 0.3) is 0 Å². The van der Waals surface area contributed by atoms with E-state index in [4.69, 9.17) is 0 Å². The van der Waals surface area contributed by atoms with Crippen molar-refractivity contribution in [3.63, 3.8) is 0 Å². The molecule has 0 heterocycles. The number of nitrogens with one attached hydrogen (secondary N) is 1. The van der Waals surface area contributed by atoms with Gasteiger partial charge in [0.1, 0.15) is 0 Å². The smallest absolute Gasteiger partial charge is 0.220 e. The fraction of sp³-hybridized carbons (Fsp3) is 0.364. The lowest BCUT2D eigenvalue weighted by atomic mass is 10.2. The number of halogens is 1. The van der Waals surface area contributed by atoms with E-state index in [1.165, 1.54) is 0 Å². The van der Waals surface area contributed by atoms with Crippen LogP contribution >= 0.6 is 22.6 Å². The number of carbonyl (C=O) groups is 1. The Kier molecular flexibility index (Phi) is 5.59.